The first kappa shape index (κ1) is 28.1. The van der Waals surface area contributed by atoms with E-state index in [1.807, 2.05) is 0 Å². The monoisotopic (exact) mass is 444 g/mol. The Hall–Kier alpha value is -1.97. The number of phenolic OH excluding ortho intramolecular Hbond substituents is 1. The molecule has 1 aromatic carbocycles. The lowest BCUT2D eigenvalue weighted by atomic mass is 10.0. The molecule has 4 heteroatoms. The predicted octanol–water partition coefficient (Wildman–Crippen LogP) is 8.67. The highest BCUT2D eigenvalue weighted by atomic mass is 16.3. The number of benzene rings is 1. The summed E-state index contributed by atoms with van der Waals surface area (Å²) in [4.78, 5) is 14.3. The SMILES string of the molecule is C=CCN(CCCCCCCCCCCCCCCCCC)C(=O)Nc1ccc(O)cc1. The number of phenols is 1. The van der Waals surface area contributed by atoms with Gasteiger partial charge in [-0.1, -0.05) is 109 Å². The van der Waals surface area contributed by atoms with E-state index in [-0.39, 0.29) is 11.8 Å². The lowest BCUT2D eigenvalue weighted by Crippen LogP contribution is -2.35. The zero-order chi connectivity index (χ0) is 23.3. The third-order valence-electron chi connectivity index (χ3n) is 6.04. The third-order valence-corrected chi connectivity index (χ3v) is 6.04. The molecule has 0 aliphatic rings. The van der Waals surface area contributed by atoms with Crippen molar-refractivity contribution in [3.8, 4) is 5.75 Å². The second-order valence-electron chi connectivity index (χ2n) is 9.02. The van der Waals surface area contributed by atoms with Crippen molar-refractivity contribution in [2.75, 3.05) is 18.4 Å². The maximum atomic E-state index is 12.5. The maximum Gasteiger partial charge on any atom is 0.322 e. The summed E-state index contributed by atoms with van der Waals surface area (Å²) >= 11 is 0. The fraction of sp³-hybridized carbons (Fsp3) is 0.679. The lowest BCUT2D eigenvalue weighted by molar-refractivity contribution is 0.216. The van der Waals surface area contributed by atoms with Crippen LogP contribution in [-0.2, 0) is 0 Å². The molecule has 0 fully saturated rings. The quantitative estimate of drug-likeness (QED) is 0.120. The molecule has 0 saturated carbocycles. The van der Waals surface area contributed by atoms with E-state index in [0.29, 0.717) is 12.2 Å². The minimum Gasteiger partial charge on any atom is -0.508 e. The molecule has 0 spiro atoms. The van der Waals surface area contributed by atoms with Crippen LogP contribution in [0.3, 0.4) is 0 Å². The van der Waals surface area contributed by atoms with Crippen LogP contribution in [0.4, 0.5) is 10.5 Å². The third kappa shape index (κ3) is 14.9. The fourth-order valence-corrected chi connectivity index (χ4v) is 4.03. The van der Waals surface area contributed by atoms with Gasteiger partial charge in [-0.3, -0.25) is 0 Å². The standard InChI is InChI=1S/C28H48N2O2/c1-3-5-6-7-8-9-10-11-12-13-14-15-16-17-18-19-25-30(24-4-2)28(32)29-26-20-22-27(31)23-21-26/h4,20-23,31H,2-3,5-19,24-25H2,1H3,(H,29,32). The number of aromatic hydroxyl groups is 1. The van der Waals surface area contributed by atoms with E-state index in [2.05, 4.69) is 18.8 Å². The molecule has 0 atom stereocenters. The molecule has 4 nitrogen and oxygen atoms in total. The summed E-state index contributed by atoms with van der Waals surface area (Å²) < 4.78 is 0. The van der Waals surface area contributed by atoms with Crippen LogP contribution in [0, 0.1) is 0 Å². The van der Waals surface area contributed by atoms with E-state index >= 15 is 0 Å². The summed E-state index contributed by atoms with van der Waals surface area (Å²) in [6.07, 6.45) is 23.3. The minimum atomic E-state index is -0.114. The van der Waals surface area contributed by atoms with Gasteiger partial charge >= 0.3 is 6.03 Å². The molecular weight excluding hydrogens is 396 g/mol. The first-order valence-electron chi connectivity index (χ1n) is 13.1. The van der Waals surface area contributed by atoms with Crippen LogP contribution in [0.15, 0.2) is 36.9 Å². The Balaban J connectivity index is 1.98. The van der Waals surface area contributed by atoms with Crippen molar-refractivity contribution in [2.24, 2.45) is 0 Å². The molecule has 0 radical (unpaired) electrons. The minimum absolute atomic E-state index is 0.114. The molecular formula is C28H48N2O2. The topological polar surface area (TPSA) is 52.6 Å². The molecule has 0 aliphatic carbocycles. The zero-order valence-corrected chi connectivity index (χ0v) is 20.6. The molecule has 1 aromatic rings. The van der Waals surface area contributed by atoms with Gasteiger partial charge in [-0.15, -0.1) is 6.58 Å². The van der Waals surface area contributed by atoms with Crippen molar-refractivity contribution in [3.63, 3.8) is 0 Å². The number of amides is 2. The number of anilines is 1. The smallest absolute Gasteiger partial charge is 0.322 e. The van der Waals surface area contributed by atoms with Gasteiger partial charge in [0.05, 0.1) is 0 Å². The van der Waals surface area contributed by atoms with Crippen LogP contribution in [0.1, 0.15) is 110 Å². The molecule has 2 N–H and O–H groups in total. The highest BCUT2D eigenvalue weighted by Crippen LogP contribution is 2.16. The van der Waals surface area contributed by atoms with E-state index in [1.165, 1.54) is 89.9 Å². The normalized spacial score (nSPS) is 10.8. The van der Waals surface area contributed by atoms with E-state index in [4.69, 9.17) is 0 Å². The average Bonchev–Trinajstić information content (AvgIpc) is 2.79. The summed E-state index contributed by atoms with van der Waals surface area (Å²) in [6, 6.07) is 6.44. The molecule has 0 unspecified atom stereocenters. The van der Waals surface area contributed by atoms with Gasteiger partial charge < -0.3 is 15.3 Å². The molecule has 32 heavy (non-hydrogen) atoms. The van der Waals surface area contributed by atoms with Gasteiger partial charge in [-0.05, 0) is 30.7 Å². The largest absolute Gasteiger partial charge is 0.508 e. The number of rotatable bonds is 20. The summed E-state index contributed by atoms with van der Waals surface area (Å²) in [6.45, 7) is 7.34. The number of unbranched alkanes of at least 4 members (excludes halogenated alkanes) is 15. The molecule has 0 saturated heterocycles. The number of nitrogens with zero attached hydrogens (tertiary/aromatic N) is 1. The highest BCUT2D eigenvalue weighted by Gasteiger charge is 2.11. The second kappa shape index (κ2) is 19.7. The molecule has 182 valence electrons. The number of carbonyl (C=O) groups is 1. The van der Waals surface area contributed by atoms with E-state index in [0.717, 1.165) is 19.4 Å². The Labute approximate surface area is 197 Å². The first-order chi connectivity index (χ1) is 15.7. The fourth-order valence-electron chi connectivity index (χ4n) is 4.03. The Morgan fingerprint density at radius 2 is 1.25 bits per heavy atom. The molecule has 0 heterocycles. The Morgan fingerprint density at radius 1 is 0.812 bits per heavy atom. The first-order valence-corrected chi connectivity index (χ1v) is 13.1. The van der Waals surface area contributed by atoms with Gasteiger partial charge in [0, 0.05) is 18.8 Å². The second-order valence-corrected chi connectivity index (χ2v) is 9.02. The Bertz CT molecular complexity index is 586. The number of hydrogen-bond acceptors (Lipinski definition) is 2. The zero-order valence-electron chi connectivity index (χ0n) is 20.6. The summed E-state index contributed by atoms with van der Waals surface area (Å²) in [7, 11) is 0. The number of hydrogen-bond donors (Lipinski definition) is 2. The summed E-state index contributed by atoms with van der Waals surface area (Å²) in [5, 5.41) is 12.2. The van der Waals surface area contributed by atoms with Crippen molar-refractivity contribution in [3.05, 3.63) is 36.9 Å². The number of nitrogens with one attached hydrogen (secondary N) is 1. The van der Waals surface area contributed by atoms with Gasteiger partial charge in [0.1, 0.15) is 5.75 Å². The lowest BCUT2D eigenvalue weighted by Gasteiger charge is -2.21. The van der Waals surface area contributed by atoms with Gasteiger partial charge in [0.2, 0.25) is 0 Å². The van der Waals surface area contributed by atoms with E-state index in [1.54, 1.807) is 35.2 Å². The van der Waals surface area contributed by atoms with Crippen molar-refractivity contribution >= 4 is 11.7 Å². The van der Waals surface area contributed by atoms with Gasteiger partial charge in [-0.2, -0.15) is 0 Å². The van der Waals surface area contributed by atoms with Crippen LogP contribution >= 0.6 is 0 Å². The predicted molar refractivity (Wildman–Crippen MR) is 138 cm³/mol. The average molecular weight is 445 g/mol. The molecule has 0 aliphatic heterocycles. The molecule has 1 rings (SSSR count). The van der Waals surface area contributed by atoms with Crippen LogP contribution in [0.5, 0.6) is 5.75 Å². The van der Waals surface area contributed by atoms with Crippen molar-refractivity contribution in [1.29, 1.82) is 0 Å². The molecule has 2 amide bonds. The maximum absolute atomic E-state index is 12.5. The van der Waals surface area contributed by atoms with E-state index < -0.39 is 0 Å². The summed E-state index contributed by atoms with van der Waals surface area (Å²) in [5.41, 5.74) is 0.689. The molecule has 0 aromatic heterocycles. The Morgan fingerprint density at radius 3 is 1.69 bits per heavy atom. The summed E-state index contributed by atoms with van der Waals surface area (Å²) in [5.74, 6) is 0.194. The van der Waals surface area contributed by atoms with Crippen molar-refractivity contribution in [2.45, 2.75) is 110 Å². The number of carbonyl (C=O) groups excluding carboxylic acids is 1. The van der Waals surface area contributed by atoms with Crippen LogP contribution in [0.25, 0.3) is 0 Å². The van der Waals surface area contributed by atoms with Gasteiger partial charge in [0.15, 0.2) is 0 Å². The highest BCUT2D eigenvalue weighted by molar-refractivity contribution is 5.89. The van der Waals surface area contributed by atoms with Gasteiger partial charge in [-0.25, -0.2) is 4.79 Å². The Kier molecular flexibility index (Phi) is 17.3. The van der Waals surface area contributed by atoms with Crippen LogP contribution in [-0.4, -0.2) is 29.1 Å². The van der Waals surface area contributed by atoms with Crippen LogP contribution in [0.2, 0.25) is 0 Å². The van der Waals surface area contributed by atoms with Gasteiger partial charge in [0.25, 0.3) is 0 Å². The molecule has 0 bridgehead atoms. The van der Waals surface area contributed by atoms with Crippen molar-refractivity contribution in [1.82, 2.24) is 4.90 Å². The number of urea groups is 1. The van der Waals surface area contributed by atoms with Crippen molar-refractivity contribution < 1.29 is 9.90 Å². The van der Waals surface area contributed by atoms with E-state index in [9.17, 15) is 9.90 Å². The van der Waals surface area contributed by atoms with Crippen LogP contribution < -0.4 is 5.32 Å².